The van der Waals surface area contributed by atoms with Gasteiger partial charge in [0.25, 0.3) is 11.8 Å². The molecule has 0 unspecified atom stereocenters. The lowest BCUT2D eigenvalue weighted by Gasteiger charge is -2.11. The minimum atomic E-state index is -0.620. The molecule has 1 saturated heterocycles. The van der Waals surface area contributed by atoms with E-state index in [1.807, 2.05) is 0 Å². The van der Waals surface area contributed by atoms with E-state index < -0.39 is 17.8 Å². The second kappa shape index (κ2) is 4.82. The number of amides is 2. The lowest BCUT2D eigenvalue weighted by atomic mass is 10.2. The Kier molecular flexibility index (Phi) is 3.22. The predicted molar refractivity (Wildman–Crippen MR) is 54.2 cm³/mol. The average molecular weight is 237 g/mol. The van der Waals surface area contributed by atoms with Crippen molar-refractivity contribution < 1.29 is 23.6 Å². The molecule has 0 spiro atoms. The van der Waals surface area contributed by atoms with Crippen LogP contribution in [0.15, 0.2) is 22.8 Å². The zero-order valence-electron chi connectivity index (χ0n) is 9.05. The fourth-order valence-electron chi connectivity index (χ4n) is 1.49. The molecule has 0 aromatic carbocycles. The van der Waals surface area contributed by atoms with Crippen LogP contribution in [0.5, 0.6) is 0 Å². The molecule has 90 valence electrons. The zero-order chi connectivity index (χ0) is 12.3. The molecule has 1 fully saturated rings. The summed E-state index contributed by atoms with van der Waals surface area (Å²) >= 11 is 0. The van der Waals surface area contributed by atoms with Gasteiger partial charge in [-0.15, -0.1) is 5.06 Å². The summed E-state index contributed by atoms with van der Waals surface area (Å²) < 4.78 is 5.04. The van der Waals surface area contributed by atoms with Crippen LogP contribution in [0.3, 0.4) is 0 Å². The van der Waals surface area contributed by atoms with Crippen LogP contribution in [0.1, 0.15) is 25.0 Å². The summed E-state index contributed by atoms with van der Waals surface area (Å²) in [5.74, 6) is -0.909. The van der Waals surface area contributed by atoms with Crippen LogP contribution >= 0.6 is 0 Å². The number of imide groups is 1. The lowest BCUT2D eigenvalue weighted by Crippen LogP contribution is -2.32. The van der Waals surface area contributed by atoms with Crippen molar-refractivity contribution in [2.45, 2.75) is 25.7 Å². The van der Waals surface area contributed by atoms with E-state index in [1.54, 1.807) is 12.1 Å². The van der Waals surface area contributed by atoms with E-state index in [-0.39, 0.29) is 19.3 Å². The maximum absolute atomic E-state index is 11.4. The Bertz CT molecular complexity index is 421. The third kappa shape index (κ3) is 2.72. The SMILES string of the molecule is O=C(CCc1ccco1)ON1C(=O)CCC1=O. The van der Waals surface area contributed by atoms with Gasteiger partial charge in [-0.25, -0.2) is 4.79 Å². The monoisotopic (exact) mass is 237 g/mol. The van der Waals surface area contributed by atoms with Crippen LogP contribution in [0, 0.1) is 0 Å². The second-order valence-corrected chi connectivity index (χ2v) is 3.62. The molecule has 2 amide bonds. The van der Waals surface area contributed by atoms with Crippen molar-refractivity contribution in [1.82, 2.24) is 5.06 Å². The first kappa shape index (κ1) is 11.4. The van der Waals surface area contributed by atoms with Gasteiger partial charge in [-0.2, -0.15) is 0 Å². The van der Waals surface area contributed by atoms with Crippen LogP contribution in [-0.4, -0.2) is 22.8 Å². The number of rotatable bonds is 4. The molecule has 0 N–H and O–H groups in total. The first-order valence-corrected chi connectivity index (χ1v) is 5.26. The van der Waals surface area contributed by atoms with Gasteiger partial charge in [0.1, 0.15) is 5.76 Å². The van der Waals surface area contributed by atoms with E-state index in [2.05, 4.69) is 4.84 Å². The molecule has 6 nitrogen and oxygen atoms in total. The number of carbonyl (C=O) groups excluding carboxylic acids is 3. The molecule has 0 atom stereocenters. The highest BCUT2D eigenvalue weighted by atomic mass is 16.7. The minimum absolute atomic E-state index is 0.0601. The van der Waals surface area contributed by atoms with Gasteiger partial charge >= 0.3 is 5.97 Å². The molecule has 6 heteroatoms. The third-order valence-electron chi connectivity index (χ3n) is 2.35. The highest BCUT2D eigenvalue weighted by molar-refractivity contribution is 6.01. The Morgan fingerprint density at radius 1 is 1.35 bits per heavy atom. The van der Waals surface area contributed by atoms with Gasteiger partial charge in [-0.3, -0.25) is 9.59 Å². The summed E-state index contributed by atoms with van der Waals surface area (Å²) in [5, 5.41) is 0.546. The van der Waals surface area contributed by atoms with Crippen LogP contribution in [0.25, 0.3) is 0 Å². The minimum Gasteiger partial charge on any atom is -0.469 e. The Morgan fingerprint density at radius 3 is 2.65 bits per heavy atom. The highest BCUT2D eigenvalue weighted by Gasteiger charge is 2.32. The quantitative estimate of drug-likeness (QED) is 0.724. The van der Waals surface area contributed by atoms with Crippen molar-refractivity contribution in [2.75, 3.05) is 0 Å². The molecule has 0 radical (unpaired) electrons. The van der Waals surface area contributed by atoms with Gasteiger partial charge in [-0.05, 0) is 12.1 Å². The Balaban J connectivity index is 1.81. The maximum atomic E-state index is 11.4. The van der Waals surface area contributed by atoms with Gasteiger partial charge in [-0.1, -0.05) is 0 Å². The van der Waals surface area contributed by atoms with E-state index in [1.165, 1.54) is 6.26 Å². The van der Waals surface area contributed by atoms with E-state index in [4.69, 9.17) is 4.42 Å². The number of aryl methyl sites for hydroxylation is 1. The van der Waals surface area contributed by atoms with Crippen LogP contribution < -0.4 is 0 Å². The molecular weight excluding hydrogens is 226 g/mol. The summed E-state index contributed by atoms with van der Waals surface area (Å²) in [5.41, 5.74) is 0. The number of hydrogen-bond donors (Lipinski definition) is 0. The number of nitrogens with zero attached hydrogens (tertiary/aromatic N) is 1. The van der Waals surface area contributed by atoms with Gasteiger partial charge in [0, 0.05) is 19.3 Å². The summed E-state index contributed by atoms with van der Waals surface area (Å²) in [4.78, 5) is 38.4. The van der Waals surface area contributed by atoms with Crippen molar-refractivity contribution in [3.8, 4) is 0 Å². The summed E-state index contributed by atoms with van der Waals surface area (Å²) in [6.07, 6.45) is 2.15. The molecule has 2 heterocycles. The Morgan fingerprint density at radius 2 is 2.06 bits per heavy atom. The molecule has 1 aliphatic rings. The highest BCUT2D eigenvalue weighted by Crippen LogP contribution is 2.13. The molecule has 17 heavy (non-hydrogen) atoms. The summed E-state index contributed by atoms with van der Waals surface area (Å²) in [6, 6.07) is 3.45. The largest absolute Gasteiger partial charge is 0.469 e. The first-order chi connectivity index (χ1) is 8.16. The summed E-state index contributed by atoms with van der Waals surface area (Å²) in [7, 11) is 0. The molecular formula is C11H11NO5. The van der Waals surface area contributed by atoms with Gasteiger partial charge in [0.05, 0.1) is 12.7 Å². The van der Waals surface area contributed by atoms with E-state index in [0.29, 0.717) is 17.2 Å². The van der Waals surface area contributed by atoms with Crippen LogP contribution in [0.4, 0.5) is 0 Å². The predicted octanol–water partition coefficient (Wildman–Crippen LogP) is 0.819. The Labute approximate surface area is 97.1 Å². The van der Waals surface area contributed by atoms with Gasteiger partial charge in [0.2, 0.25) is 0 Å². The molecule has 1 aromatic rings. The number of furan rings is 1. The first-order valence-electron chi connectivity index (χ1n) is 5.26. The lowest BCUT2D eigenvalue weighted by molar-refractivity contribution is -0.197. The third-order valence-corrected chi connectivity index (χ3v) is 2.35. The topological polar surface area (TPSA) is 76.8 Å². The molecule has 2 rings (SSSR count). The van der Waals surface area contributed by atoms with Crippen molar-refractivity contribution in [3.05, 3.63) is 24.2 Å². The number of hydroxylamine groups is 2. The van der Waals surface area contributed by atoms with Gasteiger partial charge < -0.3 is 9.25 Å². The van der Waals surface area contributed by atoms with Crippen molar-refractivity contribution in [1.29, 1.82) is 0 Å². The standard InChI is InChI=1S/C11H11NO5/c13-9-4-5-10(14)12(9)17-11(15)6-3-8-2-1-7-16-8/h1-2,7H,3-6H2. The van der Waals surface area contributed by atoms with Crippen molar-refractivity contribution >= 4 is 17.8 Å². The zero-order valence-corrected chi connectivity index (χ0v) is 9.05. The van der Waals surface area contributed by atoms with Crippen molar-refractivity contribution in [2.24, 2.45) is 0 Å². The second-order valence-electron chi connectivity index (χ2n) is 3.62. The molecule has 0 aliphatic carbocycles. The Hall–Kier alpha value is -2.11. The molecule has 0 bridgehead atoms. The van der Waals surface area contributed by atoms with Crippen LogP contribution in [-0.2, 0) is 25.6 Å². The number of hydrogen-bond acceptors (Lipinski definition) is 5. The molecule has 1 aromatic heterocycles. The fraction of sp³-hybridized carbons (Fsp3) is 0.364. The fourth-order valence-corrected chi connectivity index (χ4v) is 1.49. The average Bonchev–Trinajstić information content (AvgIpc) is 2.91. The van der Waals surface area contributed by atoms with E-state index >= 15 is 0 Å². The van der Waals surface area contributed by atoms with E-state index in [0.717, 1.165) is 0 Å². The number of carbonyl (C=O) groups is 3. The van der Waals surface area contributed by atoms with Gasteiger partial charge in [0.15, 0.2) is 0 Å². The summed E-state index contributed by atoms with van der Waals surface area (Å²) in [6.45, 7) is 0. The molecule has 0 saturated carbocycles. The molecule has 1 aliphatic heterocycles. The van der Waals surface area contributed by atoms with Crippen molar-refractivity contribution in [3.63, 3.8) is 0 Å². The van der Waals surface area contributed by atoms with Crippen LogP contribution in [0.2, 0.25) is 0 Å². The normalized spacial score (nSPS) is 15.4. The van der Waals surface area contributed by atoms with E-state index in [9.17, 15) is 14.4 Å². The smallest absolute Gasteiger partial charge is 0.333 e. The maximum Gasteiger partial charge on any atom is 0.333 e.